The highest BCUT2D eigenvalue weighted by Crippen LogP contribution is 2.29. The van der Waals surface area contributed by atoms with Crippen LogP contribution in [0.25, 0.3) is 17.2 Å². The molecule has 0 spiro atoms. The first-order valence-corrected chi connectivity index (χ1v) is 10.1. The number of H-pyrrole nitrogens is 1. The smallest absolute Gasteiger partial charge is 0.335 e. The second-order valence-electron chi connectivity index (χ2n) is 6.30. The van der Waals surface area contributed by atoms with E-state index in [1.807, 2.05) is 13.0 Å². The lowest BCUT2D eigenvalue weighted by Gasteiger charge is -2.14. The van der Waals surface area contributed by atoms with Gasteiger partial charge in [-0.3, -0.25) is 14.7 Å². The lowest BCUT2D eigenvalue weighted by Crippen LogP contribution is -2.31. The van der Waals surface area contributed by atoms with Crippen molar-refractivity contribution < 1.29 is 9.90 Å². The number of hydrogen-bond donors (Lipinski definition) is 2. The van der Waals surface area contributed by atoms with Crippen molar-refractivity contribution in [3.05, 3.63) is 67.2 Å². The fourth-order valence-corrected chi connectivity index (χ4v) is 3.63. The van der Waals surface area contributed by atoms with Crippen molar-refractivity contribution in [3.8, 4) is 23.3 Å². The number of aromatic amines is 1. The molecule has 0 saturated heterocycles. The molecule has 0 aliphatic rings. The molecule has 3 aromatic rings. The van der Waals surface area contributed by atoms with E-state index in [9.17, 15) is 24.8 Å². The predicted octanol–water partition coefficient (Wildman–Crippen LogP) is 2.15. The minimum Gasteiger partial charge on any atom is -0.478 e. The van der Waals surface area contributed by atoms with Gasteiger partial charge in [-0.2, -0.15) is 9.94 Å². The summed E-state index contributed by atoms with van der Waals surface area (Å²) in [6.45, 7) is 3.30. The molecule has 2 aromatic heterocycles. The first-order valence-electron chi connectivity index (χ1n) is 8.87. The van der Waals surface area contributed by atoms with Gasteiger partial charge in [-0.1, -0.05) is 19.1 Å². The summed E-state index contributed by atoms with van der Waals surface area (Å²) < 4.78 is 0.924. The highest BCUT2D eigenvalue weighted by atomic mass is 32.2. The number of rotatable bonds is 5. The molecule has 0 saturated carbocycles. The van der Waals surface area contributed by atoms with Crippen molar-refractivity contribution in [3.63, 3.8) is 0 Å². The lowest BCUT2D eigenvalue weighted by atomic mass is 9.98. The zero-order valence-electron chi connectivity index (χ0n) is 16.4. The van der Waals surface area contributed by atoms with E-state index in [-0.39, 0.29) is 28.3 Å². The van der Waals surface area contributed by atoms with Gasteiger partial charge in [0, 0.05) is 17.2 Å². The first-order chi connectivity index (χ1) is 14.3. The van der Waals surface area contributed by atoms with E-state index in [0.29, 0.717) is 22.6 Å². The molecule has 2 N–H and O–H groups in total. The Morgan fingerprint density at radius 1 is 1.33 bits per heavy atom. The number of carboxylic acid groups (broad SMARTS) is 1. The predicted molar refractivity (Wildman–Crippen MR) is 111 cm³/mol. The number of carbonyl (C=O) groups is 1. The van der Waals surface area contributed by atoms with Gasteiger partial charge < -0.3 is 5.11 Å². The number of aromatic nitrogens is 4. The summed E-state index contributed by atoms with van der Waals surface area (Å²) in [6, 6.07) is 7.91. The third-order valence-electron chi connectivity index (χ3n) is 4.48. The Labute approximate surface area is 175 Å². The average Bonchev–Trinajstić information content (AvgIpc) is 2.74. The lowest BCUT2D eigenvalue weighted by molar-refractivity contribution is 0.0696. The molecule has 0 aliphatic carbocycles. The third-order valence-corrected chi connectivity index (χ3v) is 5.17. The Morgan fingerprint density at radius 2 is 2.07 bits per heavy atom. The van der Waals surface area contributed by atoms with Crippen molar-refractivity contribution in [1.82, 2.24) is 19.7 Å². The van der Waals surface area contributed by atoms with Gasteiger partial charge in [-0.15, -0.1) is 11.8 Å². The van der Waals surface area contributed by atoms with Crippen LogP contribution in [0.4, 0.5) is 0 Å². The minimum absolute atomic E-state index is 0.0297. The summed E-state index contributed by atoms with van der Waals surface area (Å²) in [6.07, 6.45) is 2.12. The summed E-state index contributed by atoms with van der Waals surface area (Å²) in [4.78, 5) is 45.0. The van der Waals surface area contributed by atoms with Gasteiger partial charge in [0.1, 0.15) is 16.7 Å². The van der Waals surface area contributed by atoms with Crippen molar-refractivity contribution in [2.45, 2.75) is 25.3 Å². The van der Waals surface area contributed by atoms with E-state index in [2.05, 4.69) is 15.1 Å². The van der Waals surface area contributed by atoms with E-state index in [0.717, 1.165) is 10.7 Å². The molecule has 0 radical (unpaired) electrons. The monoisotopic (exact) mass is 423 g/mol. The SMILES string of the molecule is CCc1c(C(=O)O)cccc1-c1nc(SC)c(C#N)c(-n2[nH]c(=O)cc(C)c2=O)n1. The number of nitrogens with one attached hydrogen (secondary N) is 1. The summed E-state index contributed by atoms with van der Waals surface area (Å²) in [5.74, 6) is -0.991. The summed E-state index contributed by atoms with van der Waals surface area (Å²) in [5.41, 5.74) is 0.287. The normalized spacial score (nSPS) is 10.6. The zero-order valence-corrected chi connectivity index (χ0v) is 17.2. The molecule has 9 nitrogen and oxygen atoms in total. The molecule has 0 fully saturated rings. The Bertz CT molecular complexity index is 1320. The molecule has 0 unspecified atom stereocenters. The van der Waals surface area contributed by atoms with Crippen LogP contribution in [0, 0.1) is 18.3 Å². The Hall–Kier alpha value is -3.71. The largest absolute Gasteiger partial charge is 0.478 e. The van der Waals surface area contributed by atoms with Crippen molar-refractivity contribution >= 4 is 17.7 Å². The topological polar surface area (TPSA) is 142 Å². The van der Waals surface area contributed by atoms with Gasteiger partial charge in [0.15, 0.2) is 11.6 Å². The molecule has 3 rings (SSSR count). The van der Waals surface area contributed by atoms with Crippen LogP contribution in [0.3, 0.4) is 0 Å². The van der Waals surface area contributed by atoms with Crippen LogP contribution in [0.2, 0.25) is 0 Å². The van der Waals surface area contributed by atoms with Crippen molar-refractivity contribution in [2.75, 3.05) is 6.26 Å². The number of nitriles is 1. The van der Waals surface area contributed by atoms with Gasteiger partial charge in [0.05, 0.1) is 5.56 Å². The van der Waals surface area contributed by atoms with Gasteiger partial charge in [0.25, 0.3) is 11.1 Å². The number of benzene rings is 1. The van der Waals surface area contributed by atoms with E-state index in [4.69, 9.17) is 0 Å². The van der Waals surface area contributed by atoms with Crippen LogP contribution < -0.4 is 11.1 Å². The number of thioether (sulfide) groups is 1. The maximum absolute atomic E-state index is 12.6. The first kappa shape index (κ1) is 21.0. The highest BCUT2D eigenvalue weighted by Gasteiger charge is 2.21. The van der Waals surface area contributed by atoms with E-state index in [1.54, 1.807) is 18.4 Å². The van der Waals surface area contributed by atoms with Crippen molar-refractivity contribution in [1.29, 1.82) is 5.26 Å². The quantitative estimate of drug-likeness (QED) is 0.469. The Morgan fingerprint density at radius 3 is 2.67 bits per heavy atom. The third kappa shape index (κ3) is 3.62. The second-order valence-corrected chi connectivity index (χ2v) is 7.10. The number of aryl methyl sites for hydroxylation is 1. The fraction of sp³-hybridized carbons (Fsp3) is 0.200. The summed E-state index contributed by atoms with van der Waals surface area (Å²) in [5, 5.41) is 21.9. The van der Waals surface area contributed by atoms with E-state index >= 15 is 0 Å². The fourth-order valence-electron chi connectivity index (χ4n) is 3.11. The van der Waals surface area contributed by atoms with Gasteiger partial charge in [-0.25, -0.2) is 14.8 Å². The van der Waals surface area contributed by atoms with E-state index < -0.39 is 17.1 Å². The molecule has 1 aromatic carbocycles. The second kappa shape index (κ2) is 8.34. The maximum Gasteiger partial charge on any atom is 0.335 e. The number of hydrogen-bond acceptors (Lipinski definition) is 7. The molecule has 0 amide bonds. The zero-order chi connectivity index (χ0) is 22.0. The average molecular weight is 423 g/mol. The number of nitrogens with zero attached hydrogens (tertiary/aromatic N) is 4. The number of aromatic carboxylic acids is 1. The van der Waals surface area contributed by atoms with Crippen LogP contribution in [0.5, 0.6) is 0 Å². The van der Waals surface area contributed by atoms with Gasteiger partial charge in [0.2, 0.25) is 0 Å². The van der Waals surface area contributed by atoms with Gasteiger partial charge >= 0.3 is 5.97 Å². The Kier molecular flexibility index (Phi) is 5.84. The molecule has 0 bridgehead atoms. The van der Waals surface area contributed by atoms with Crippen LogP contribution in [-0.2, 0) is 6.42 Å². The van der Waals surface area contributed by atoms with E-state index in [1.165, 1.54) is 24.8 Å². The molecule has 2 heterocycles. The molecular formula is C20H17N5O4S. The molecule has 0 atom stereocenters. The van der Waals surface area contributed by atoms with Crippen molar-refractivity contribution in [2.24, 2.45) is 0 Å². The number of carboxylic acids is 1. The van der Waals surface area contributed by atoms with Crippen LogP contribution >= 0.6 is 11.8 Å². The van der Waals surface area contributed by atoms with Crippen LogP contribution in [0.15, 0.2) is 38.9 Å². The van der Waals surface area contributed by atoms with Crippen LogP contribution in [0.1, 0.15) is 34.0 Å². The van der Waals surface area contributed by atoms with Crippen LogP contribution in [-0.4, -0.2) is 37.1 Å². The molecule has 0 aliphatic heterocycles. The summed E-state index contributed by atoms with van der Waals surface area (Å²) >= 11 is 1.18. The highest BCUT2D eigenvalue weighted by molar-refractivity contribution is 7.98. The molecular weight excluding hydrogens is 406 g/mol. The standard InChI is InChI=1S/C20H17N5O4S/c1-4-11-12(6-5-7-13(11)20(28)29)16-22-17(14(9-21)18(23-16)30-3)25-19(27)10(2)8-15(26)24-25/h5-8H,4H2,1-3H3,(H,24,26)(H,28,29). The maximum atomic E-state index is 12.6. The summed E-state index contributed by atoms with van der Waals surface area (Å²) in [7, 11) is 0. The molecule has 30 heavy (non-hydrogen) atoms. The molecule has 10 heteroatoms. The Balaban J connectivity index is 2.42. The molecule has 152 valence electrons. The van der Waals surface area contributed by atoms with Gasteiger partial charge in [-0.05, 0) is 31.2 Å². The minimum atomic E-state index is -1.08.